The predicted molar refractivity (Wildman–Crippen MR) is 162 cm³/mol. The smallest absolute Gasteiger partial charge is 0.241 e. The highest BCUT2D eigenvalue weighted by molar-refractivity contribution is 6.32. The van der Waals surface area contributed by atoms with Crippen LogP contribution in [0.3, 0.4) is 0 Å². The molecular weight excluding hydrogens is 583 g/mol. The van der Waals surface area contributed by atoms with Gasteiger partial charge in [0, 0.05) is 5.92 Å². The highest BCUT2D eigenvalue weighted by Crippen LogP contribution is 2.63. The van der Waals surface area contributed by atoms with Crippen molar-refractivity contribution in [2.45, 2.75) is 39.0 Å². The van der Waals surface area contributed by atoms with Crippen molar-refractivity contribution in [1.29, 1.82) is 0 Å². The lowest BCUT2D eigenvalue weighted by atomic mass is 9.51. The molecule has 6 atom stereocenters. The summed E-state index contributed by atoms with van der Waals surface area (Å²) in [5, 5.41) is 10.2. The highest BCUT2D eigenvalue weighted by atomic mass is 35.5. The maximum absolute atomic E-state index is 14.4. The van der Waals surface area contributed by atoms with Gasteiger partial charge < -0.3 is 5.11 Å². The fourth-order valence-electron chi connectivity index (χ4n) is 8.11. The minimum atomic E-state index is -1.28. The highest BCUT2D eigenvalue weighted by Gasteiger charge is 2.67. The quantitative estimate of drug-likeness (QED) is 0.280. The number of carbonyl (C=O) groups is 4. The third kappa shape index (κ3) is 3.93. The van der Waals surface area contributed by atoms with E-state index in [-0.39, 0.29) is 34.7 Å². The number of benzene rings is 3. The normalized spacial score (nSPS) is 29.5. The Morgan fingerprint density at radius 1 is 0.909 bits per heavy atom. The van der Waals surface area contributed by atoms with Crippen molar-refractivity contribution in [2.24, 2.45) is 29.1 Å². The van der Waals surface area contributed by atoms with Crippen LogP contribution in [0.15, 0.2) is 78.4 Å². The van der Waals surface area contributed by atoms with Crippen molar-refractivity contribution in [2.75, 3.05) is 9.80 Å². The molecule has 3 aromatic carbocycles. The molecule has 4 amide bonds. The summed E-state index contributed by atoms with van der Waals surface area (Å²) in [6.07, 6.45) is 3.30. The molecule has 3 aromatic rings. The molecule has 2 heterocycles. The van der Waals surface area contributed by atoms with Crippen LogP contribution >= 0.6 is 11.6 Å². The molecule has 0 spiro atoms. The number of phenols is 1. The van der Waals surface area contributed by atoms with Gasteiger partial charge in [-0.3, -0.25) is 24.1 Å². The lowest BCUT2D eigenvalue weighted by molar-refractivity contribution is -0.131. The van der Waals surface area contributed by atoms with Gasteiger partial charge >= 0.3 is 0 Å². The Labute approximate surface area is 258 Å². The molecule has 0 bridgehead atoms. The van der Waals surface area contributed by atoms with Gasteiger partial charge in [-0.2, -0.15) is 0 Å². The van der Waals surface area contributed by atoms with Crippen molar-refractivity contribution < 1.29 is 28.7 Å². The molecule has 1 N–H and O–H groups in total. The number of nitrogens with zero attached hydrogens (tertiary/aromatic N) is 2. The Morgan fingerprint density at radius 2 is 1.64 bits per heavy atom. The maximum Gasteiger partial charge on any atom is 0.241 e. The SMILES string of the molecule is CCc1ccc(N2C(=O)C3CC=C4C(CC5C(=O)N(c6ccc(F)c(Cl)c6)C(=O)C5(C)C4c4cccc(O)c4)C3C2=O)cc1. The minimum absolute atomic E-state index is 0.00632. The van der Waals surface area contributed by atoms with E-state index >= 15 is 0 Å². The fourth-order valence-corrected chi connectivity index (χ4v) is 8.28. The number of halogens is 2. The van der Waals surface area contributed by atoms with E-state index in [1.54, 1.807) is 37.3 Å². The van der Waals surface area contributed by atoms with Crippen molar-refractivity contribution >= 4 is 46.6 Å². The first-order valence-corrected chi connectivity index (χ1v) is 15.2. The molecule has 4 aliphatic rings. The van der Waals surface area contributed by atoms with Gasteiger partial charge in [-0.05, 0) is 85.7 Å². The molecule has 0 aromatic heterocycles. The number of hydrogen-bond acceptors (Lipinski definition) is 5. The van der Waals surface area contributed by atoms with Crippen LogP contribution in [0.1, 0.15) is 43.7 Å². The van der Waals surface area contributed by atoms with Gasteiger partial charge in [-0.1, -0.05) is 54.4 Å². The van der Waals surface area contributed by atoms with Gasteiger partial charge in [0.1, 0.15) is 11.6 Å². The molecule has 1 saturated carbocycles. The van der Waals surface area contributed by atoms with Crippen LogP contribution in [-0.2, 0) is 25.6 Å². The Hall–Kier alpha value is -4.30. The third-order valence-electron chi connectivity index (χ3n) is 10.2. The summed E-state index contributed by atoms with van der Waals surface area (Å²) < 4.78 is 14.0. The van der Waals surface area contributed by atoms with E-state index in [1.165, 1.54) is 23.1 Å². The van der Waals surface area contributed by atoms with E-state index in [2.05, 4.69) is 0 Å². The van der Waals surface area contributed by atoms with Crippen LogP contribution in [0.25, 0.3) is 0 Å². The van der Waals surface area contributed by atoms with Crippen molar-refractivity contribution in [3.05, 3.63) is 100 Å². The van der Waals surface area contributed by atoms with Crippen LogP contribution in [0, 0.1) is 34.9 Å². The summed E-state index contributed by atoms with van der Waals surface area (Å²) in [5.41, 5.74) is 1.95. The topological polar surface area (TPSA) is 95.0 Å². The Kier molecular flexibility index (Phi) is 6.55. The summed E-state index contributed by atoms with van der Waals surface area (Å²) >= 11 is 6.05. The molecule has 7 rings (SSSR count). The van der Waals surface area contributed by atoms with E-state index in [9.17, 15) is 28.7 Å². The van der Waals surface area contributed by atoms with Crippen LogP contribution in [-0.4, -0.2) is 28.7 Å². The largest absolute Gasteiger partial charge is 0.508 e. The molecule has 7 nitrogen and oxygen atoms in total. The Balaban J connectivity index is 1.34. The zero-order valence-electron chi connectivity index (χ0n) is 24.2. The van der Waals surface area contributed by atoms with Gasteiger partial charge in [0.15, 0.2) is 0 Å². The Morgan fingerprint density at radius 3 is 2.32 bits per heavy atom. The predicted octanol–water partition coefficient (Wildman–Crippen LogP) is 6.18. The second-order valence-corrected chi connectivity index (χ2v) is 12.8. The standard InChI is InChI=1S/C35H30ClFN2O5/c1-3-18-7-9-20(10-8-18)38-31(41)24-13-12-23-25(29(24)33(38)43)17-26-32(42)39(21-11-14-28(37)27(36)16-21)34(44)35(26,2)30(23)19-5-4-6-22(40)15-19/h4-12,14-16,24-26,29-30,40H,3,13,17H2,1-2H3. The Bertz CT molecular complexity index is 1790. The number of aryl methyl sites for hydroxylation is 1. The number of rotatable bonds is 4. The first kappa shape index (κ1) is 28.5. The van der Waals surface area contributed by atoms with Gasteiger partial charge in [0.2, 0.25) is 23.6 Å². The van der Waals surface area contributed by atoms with Crippen molar-refractivity contribution in [3.63, 3.8) is 0 Å². The number of anilines is 2. The number of phenolic OH excluding ortho intramolecular Hbond substituents is 1. The first-order chi connectivity index (χ1) is 21.1. The molecule has 0 radical (unpaired) electrons. The molecule has 6 unspecified atom stereocenters. The summed E-state index contributed by atoms with van der Waals surface area (Å²) in [7, 11) is 0. The molecule has 2 aliphatic heterocycles. The van der Waals surface area contributed by atoms with Crippen LogP contribution in [0.5, 0.6) is 5.75 Å². The number of aromatic hydroxyl groups is 1. The van der Waals surface area contributed by atoms with Gasteiger partial charge in [-0.15, -0.1) is 0 Å². The average Bonchev–Trinajstić information content (AvgIpc) is 3.38. The van der Waals surface area contributed by atoms with Crippen LogP contribution in [0.2, 0.25) is 5.02 Å². The summed E-state index contributed by atoms with van der Waals surface area (Å²) in [6.45, 7) is 3.79. The van der Waals surface area contributed by atoms with Crippen molar-refractivity contribution in [3.8, 4) is 5.75 Å². The number of allylic oxidation sites excluding steroid dienone is 2. The molecule has 2 saturated heterocycles. The van der Waals surface area contributed by atoms with E-state index in [0.29, 0.717) is 17.7 Å². The zero-order chi connectivity index (χ0) is 31.1. The number of fused-ring (bicyclic) bond motifs is 4. The third-order valence-corrected chi connectivity index (χ3v) is 10.5. The lowest BCUT2D eigenvalue weighted by Gasteiger charge is -2.49. The molecule has 9 heteroatoms. The van der Waals surface area contributed by atoms with E-state index < -0.39 is 52.6 Å². The van der Waals surface area contributed by atoms with Crippen LogP contribution < -0.4 is 9.80 Å². The van der Waals surface area contributed by atoms with Gasteiger partial charge in [-0.25, -0.2) is 9.29 Å². The summed E-state index contributed by atoms with van der Waals surface area (Å²) in [6, 6.07) is 17.7. The number of hydrogen-bond donors (Lipinski definition) is 1. The molecule has 224 valence electrons. The molecule has 44 heavy (non-hydrogen) atoms. The molecular formula is C35H30ClFN2O5. The lowest BCUT2D eigenvalue weighted by Crippen LogP contribution is -2.48. The number of amides is 4. The van der Waals surface area contributed by atoms with Gasteiger partial charge in [0.05, 0.1) is 39.6 Å². The molecule has 3 fully saturated rings. The second kappa shape index (κ2) is 10.1. The summed E-state index contributed by atoms with van der Waals surface area (Å²) in [5.74, 6) is -5.43. The molecule has 2 aliphatic carbocycles. The summed E-state index contributed by atoms with van der Waals surface area (Å²) in [4.78, 5) is 58.8. The zero-order valence-corrected chi connectivity index (χ0v) is 24.9. The van der Waals surface area contributed by atoms with E-state index in [0.717, 1.165) is 28.5 Å². The fraction of sp³-hybridized carbons (Fsp3) is 0.314. The first-order valence-electron chi connectivity index (χ1n) is 14.8. The maximum atomic E-state index is 14.4. The van der Waals surface area contributed by atoms with Crippen molar-refractivity contribution in [1.82, 2.24) is 0 Å². The van der Waals surface area contributed by atoms with Gasteiger partial charge in [0.25, 0.3) is 0 Å². The van der Waals surface area contributed by atoms with E-state index in [1.807, 2.05) is 25.1 Å². The number of imide groups is 2. The number of carbonyl (C=O) groups excluding carboxylic acids is 4. The van der Waals surface area contributed by atoms with Crippen LogP contribution in [0.4, 0.5) is 15.8 Å². The monoisotopic (exact) mass is 612 g/mol. The van der Waals surface area contributed by atoms with E-state index in [4.69, 9.17) is 11.6 Å². The second-order valence-electron chi connectivity index (χ2n) is 12.4. The average molecular weight is 613 g/mol. The minimum Gasteiger partial charge on any atom is -0.508 e.